The van der Waals surface area contributed by atoms with Crippen molar-refractivity contribution in [3.63, 3.8) is 0 Å². The van der Waals surface area contributed by atoms with Crippen molar-refractivity contribution in [1.82, 2.24) is 0 Å². The average molecular weight is 1470 g/mol. The fourth-order valence-corrected chi connectivity index (χ4v) is 10.8. The van der Waals surface area contributed by atoms with Gasteiger partial charge in [-0.25, -0.2) is 8.78 Å². The van der Waals surface area contributed by atoms with Crippen LogP contribution < -0.4 is 0 Å². The number of halogens is 6. The van der Waals surface area contributed by atoms with Gasteiger partial charge in [0.15, 0.2) is 0 Å². The van der Waals surface area contributed by atoms with Crippen molar-refractivity contribution in [3.8, 4) is 0 Å². The second-order valence-electron chi connectivity index (χ2n) is 37.5. The average Bonchev–Trinajstić information content (AvgIpc) is 0.815. The second-order valence-corrected chi connectivity index (χ2v) is 37.5. The Morgan fingerprint density at radius 3 is 0.716 bits per heavy atom. The van der Waals surface area contributed by atoms with Gasteiger partial charge in [-0.05, 0) is 139 Å². The first-order valence-corrected chi connectivity index (χ1v) is 45.1. The Morgan fingerprint density at radius 2 is 0.549 bits per heavy atom. The van der Waals surface area contributed by atoms with E-state index in [4.69, 9.17) is 0 Å². The first-order valence-electron chi connectivity index (χ1n) is 45.1. The summed E-state index contributed by atoms with van der Waals surface area (Å²) in [6.07, 6.45) is 46.5. The van der Waals surface area contributed by atoms with E-state index in [9.17, 15) is 26.3 Å². The van der Waals surface area contributed by atoms with Gasteiger partial charge in [0.1, 0.15) is 0 Å². The molecule has 2 atom stereocenters. The Balaban J connectivity index is -0.000000113. The third kappa shape index (κ3) is 86.8. The zero-order valence-electron chi connectivity index (χ0n) is 78.9. The van der Waals surface area contributed by atoms with Crippen LogP contribution in [0.5, 0.6) is 0 Å². The predicted molar refractivity (Wildman–Crippen MR) is 464 cm³/mol. The van der Waals surface area contributed by atoms with E-state index in [1.165, 1.54) is 225 Å². The molecule has 8 saturated carbocycles. The smallest absolute Gasteiger partial charge is 0.210 e. The summed E-state index contributed by atoms with van der Waals surface area (Å²) < 4.78 is 77.8. The quantitative estimate of drug-likeness (QED) is 0.233. The standard InChI is InChI=1S/C10H20.C9H12F6.C9H18.C8H16.2C7H14.C6H12.C6H14.3C5H12.C4H8.C4H10.C3H8.4C2H6/c1-4-9-5-7-10(2,3)8-6-9;1-5-3-4-7(2,6(10)11)9(14,15)8(5,12)13;1-8-4-6-9(2,3)7-5-8;1-2-8-6-4-3-5-7-8;1-7-5-3-2-4-6-7;1-2-7-5-3-4-6-7;1-6-4-2-3-5-6;1-5-6(2,3)4;1-5(2,3)4;2*1-4-5(2)3;1-4-2-3-4;1-4(2)3;1-3-2;4*1-2/h9H,4-8H2,1-3H3;5-6H,3-4H2,1-2H3;8H,4-7H2,1-3H3;8H,2-7H2,1H3;2*7H,2-6H2,1H3;6H,2-5H2,1H3;5H2,1-4H3;1-4H3;2*5H,4H2,1-3H3;4H,2-3H2,1H3;4H,1-3H3;3H2,1-2H3;4*1-2H3. The van der Waals surface area contributed by atoms with Crippen LogP contribution in [0.4, 0.5) is 26.3 Å². The van der Waals surface area contributed by atoms with Crippen LogP contribution in [0.3, 0.4) is 0 Å². The highest BCUT2D eigenvalue weighted by Gasteiger charge is 2.73. The highest BCUT2D eigenvalue weighted by atomic mass is 19.3. The van der Waals surface area contributed by atoms with Gasteiger partial charge in [0.2, 0.25) is 6.43 Å². The van der Waals surface area contributed by atoms with Gasteiger partial charge in [-0.15, -0.1) is 0 Å². The van der Waals surface area contributed by atoms with E-state index in [0.29, 0.717) is 28.6 Å². The molecule has 0 saturated heterocycles. The predicted octanol–water partition coefficient (Wildman–Crippen LogP) is 38.3. The minimum absolute atomic E-state index is 0.316. The molecule has 0 heterocycles. The molecule has 0 amide bonds. The van der Waals surface area contributed by atoms with E-state index in [1.54, 1.807) is 0 Å². The molecule has 0 aromatic rings. The molecule has 8 rings (SSSR count). The van der Waals surface area contributed by atoms with E-state index in [1.807, 2.05) is 55.4 Å². The molecule has 102 heavy (non-hydrogen) atoms. The molecule has 0 N–H and O–H groups in total. The molecule has 0 bridgehead atoms. The van der Waals surface area contributed by atoms with E-state index in [-0.39, 0.29) is 6.42 Å². The van der Waals surface area contributed by atoms with Crippen molar-refractivity contribution in [2.45, 2.75) is 533 Å². The van der Waals surface area contributed by atoms with Crippen LogP contribution in [0.15, 0.2) is 0 Å². The molecule has 6 heteroatoms. The van der Waals surface area contributed by atoms with Crippen LogP contribution in [0.2, 0.25) is 0 Å². The molecule has 0 aliphatic heterocycles. The van der Waals surface area contributed by atoms with Gasteiger partial charge in [-0.3, -0.25) is 0 Å². The number of hydrogen-bond donors (Lipinski definition) is 0. The Morgan fingerprint density at radius 1 is 0.343 bits per heavy atom. The third-order valence-electron chi connectivity index (χ3n) is 20.4. The van der Waals surface area contributed by atoms with Crippen LogP contribution in [-0.2, 0) is 0 Å². The van der Waals surface area contributed by atoms with Crippen LogP contribution in [0.1, 0.15) is 515 Å². The highest BCUT2D eigenvalue weighted by molar-refractivity contribution is 5.06. The highest BCUT2D eigenvalue weighted by Crippen LogP contribution is 2.60. The summed E-state index contributed by atoms with van der Waals surface area (Å²) in [7, 11) is 0. The van der Waals surface area contributed by atoms with Gasteiger partial charge in [-0.1, -0.05) is 456 Å². The van der Waals surface area contributed by atoms with Gasteiger partial charge in [-0.2, -0.15) is 17.6 Å². The summed E-state index contributed by atoms with van der Waals surface area (Å²) in [6.45, 7) is 85.1. The van der Waals surface area contributed by atoms with E-state index >= 15 is 0 Å². The van der Waals surface area contributed by atoms with Gasteiger partial charge < -0.3 is 0 Å². The number of alkyl halides is 6. The molecule has 0 nitrogen and oxygen atoms in total. The van der Waals surface area contributed by atoms with Crippen molar-refractivity contribution in [3.05, 3.63) is 0 Å². The van der Waals surface area contributed by atoms with Gasteiger partial charge in [0, 0.05) is 5.92 Å². The Labute approximate surface area is 647 Å². The summed E-state index contributed by atoms with van der Waals surface area (Å²) >= 11 is 0. The van der Waals surface area contributed by atoms with Crippen molar-refractivity contribution >= 4 is 0 Å². The van der Waals surface area contributed by atoms with Crippen molar-refractivity contribution in [2.75, 3.05) is 0 Å². The van der Waals surface area contributed by atoms with Crippen LogP contribution in [-0.4, -0.2) is 18.3 Å². The number of rotatable bonds is 6. The first kappa shape index (κ1) is 123. The first-order chi connectivity index (χ1) is 47.1. The molecule has 0 radical (unpaired) electrons. The van der Waals surface area contributed by atoms with E-state index in [0.717, 1.165) is 66.1 Å². The summed E-state index contributed by atoms with van der Waals surface area (Å²) in [5.74, 6) is -0.597. The molecule has 2 unspecified atom stereocenters. The molecule has 0 aromatic heterocycles. The SMILES string of the molecule is CC.CC.CC.CC.CC(C)(C)C.CC(C)C.CC1CC1.CC1CCC(C)(C(F)F)C(F)(F)C1(F)F.CC1CCC(C)(C)CC1.CC1CCCC1.CC1CCCCC1.CCC.CCC(C)(C)C.CCC(C)C.CCC(C)C.CCC1CCC(C)(C)CC1.CCC1CCCC1.CCC1CCCCC1. The molecule has 632 valence electrons. The van der Waals surface area contributed by atoms with Crippen molar-refractivity contribution < 1.29 is 26.3 Å². The maximum atomic E-state index is 13.3. The lowest BCUT2D eigenvalue weighted by atomic mass is 9.67. The topological polar surface area (TPSA) is 0 Å². The van der Waals surface area contributed by atoms with Crippen molar-refractivity contribution in [2.24, 2.45) is 92.2 Å². The van der Waals surface area contributed by atoms with Gasteiger partial charge >= 0.3 is 11.8 Å². The van der Waals surface area contributed by atoms with Gasteiger partial charge in [0.05, 0.1) is 5.41 Å². The fraction of sp³-hybridized carbons (Fsp3) is 1.00. The van der Waals surface area contributed by atoms with Crippen LogP contribution in [0, 0.1) is 92.2 Å². The molecule has 8 aliphatic rings. The summed E-state index contributed by atoms with van der Waals surface area (Å²) in [4.78, 5) is 0. The second kappa shape index (κ2) is 76.0. The number of hydrogen-bond acceptors (Lipinski definition) is 0. The monoisotopic (exact) mass is 1470 g/mol. The van der Waals surface area contributed by atoms with E-state index < -0.39 is 36.0 Å². The maximum Gasteiger partial charge on any atom is 0.321 e. The molecule has 8 fully saturated rings. The zero-order chi connectivity index (χ0) is 82.6. The molecular weight excluding hydrogens is 1270 g/mol. The molecular formula is C96H206F6. The third-order valence-corrected chi connectivity index (χ3v) is 20.4. The molecule has 8 aliphatic carbocycles. The van der Waals surface area contributed by atoms with Crippen LogP contribution >= 0.6 is 0 Å². The normalized spacial score (nSPS) is 21.6. The maximum absolute atomic E-state index is 13.3. The molecule has 0 spiro atoms. The Bertz CT molecular complexity index is 1500. The summed E-state index contributed by atoms with van der Waals surface area (Å²) in [5.41, 5.74) is -0.568. The van der Waals surface area contributed by atoms with Crippen molar-refractivity contribution in [1.29, 1.82) is 0 Å². The summed E-state index contributed by atoms with van der Waals surface area (Å²) in [5, 5.41) is 0. The Hall–Kier alpha value is -0.420. The zero-order valence-corrected chi connectivity index (χ0v) is 78.9. The minimum atomic E-state index is -4.66. The Kier molecular flexibility index (Phi) is 91.3. The molecule has 0 aromatic carbocycles. The lowest BCUT2D eigenvalue weighted by Gasteiger charge is -2.47. The largest absolute Gasteiger partial charge is 0.321 e. The summed E-state index contributed by atoms with van der Waals surface area (Å²) in [6, 6.07) is 0. The lowest BCUT2D eigenvalue weighted by molar-refractivity contribution is -0.327. The minimum Gasteiger partial charge on any atom is -0.210 e. The van der Waals surface area contributed by atoms with Gasteiger partial charge in [0.25, 0.3) is 0 Å². The fourth-order valence-electron chi connectivity index (χ4n) is 10.8. The van der Waals surface area contributed by atoms with E-state index in [2.05, 4.69) is 208 Å². The van der Waals surface area contributed by atoms with Crippen LogP contribution in [0.25, 0.3) is 0 Å². The lowest BCUT2D eigenvalue weighted by Crippen LogP contribution is -2.61.